The average Bonchev–Trinajstić information content (AvgIpc) is 2.71. The van der Waals surface area contributed by atoms with Crippen molar-refractivity contribution in [2.75, 3.05) is 6.54 Å². The van der Waals surface area contributed by atoms with E-state index in [1.165, 1.54) is 6.92 Å². The number of hydrogen-bond acceptors (Lipinski definition) is 4. The molecule has 0 spiro atoms. The Hall–Kier alpha value is -1.12. The van der Waals surface area contributed by atoms with Gasteiger partial charge in [-0.2, -0.15) is 0 Å². The molecule has 0 aliphatic heterocycles. The Labute approximate surface area is 123 Å². The number of amides is 2. The van der Waals surface area contributed by atoms with Crippen LogP contribution in [0.15, 0.2) is 15.9 Å². The molecule has 1 rings (SSSR count). The van der Waals surface area contributed by atoms with Gasteiger partial charge in [0, 0.05) is 11.4 Å². The molecule has 19 heavy (non-hydrogen) atoms. The first-order valence-corrected chi connectivity index (χ1v) is 7.20. The van der Waals surface area contributed by atoms with Gasteiger partial charge in [-0.1, -0.05) is 0 Å². The van der Waals surface area contributed by atoms with E-state index < -0.39 is 24.1 Å². The third kappa shape index (κ3) is 5.58. The molecule has 106 valence electrons. The monoisotopic (exact) mass is 350 g/mol. The average molecular weight is 351 g/mol. The normalized spacial score (nSPS) is 13.6. The van der Waals surface area contributed by atoms with E-state index in [0.29, 0.717) is 13.0 Å². The maximum atomic E-state index is 11.5. The largest absolute Gasteiger partial charge is 0.480 e. The summed E-state index contributed by atoms with van der Waals surface area (Å²) in [7, 11) is 0. The predicted octanol–water partition coefficient (Wildman–Crippen LogP) is 1.19. The zero-order valence-electron chi connectivity index (χ0n) is 10.2. The van der Waals surface area contributed by atoms with Crippen LogP contribution in [0.25, 0.3) is 0 Å². The SMILES string of the molecule is C[C@@H](O)[C@H](NC(=O)NCCc1ccc(Br)s1)C(=O)O. The summed E-state index contributed by atoms with van der Waals surface area (Å²) in [6, 6.07) is 1.96. The molecule has 4 N–H and O–H groups in total. The van der Waals surface area contributed by atoms with Crippen LogP contribution in [0.3, 0.4) is 0 Å². The summed E-state index contributed by atoms with van der Waals surface area (Å²) in [4.78, 5) is 23.3. The number of thiophene rings is 1. The van der Waals surface area contributed by atoms with Gasteiger partial charge in [0.25, 0.3) is 0 Å². The fourth-order valence-corrected chi connectivity index (χ4v) is 2.85. The van der Waals surface area contributed by atoms with Crippen LogP contribution in [0, 0.1) is 0 Å². The van der Waals surface area contributed by atoms with Crippen molar-refractivity contribution in [3.63, 3.8) is 0 Å². The lowest BCUT2D eigenvalue weighted by Crippen LogP contribution is -2.51. The smallest absolute Gasteiger partial charge is 0.328 e. The van der Waals surface area contributed by atoms with Gasteiger partial charge in [-0.05, 0) is 41.4 Å². The first-order valence-electron chi connectivity index (χ1n) is 5.59. The van der Waals surface area contributed by atoms with Gasteiger partial charge in [0.05, 0.1) is 9.89 Å². The van der Waals surface area contributed by atoms with E-state index in [0.717, 1.165) is 8.66 Å². The van der Waals surface area contributed by atoms with Crippen LogP contribution in [-0.2, 0) is 11.2 Å². The van der Waals surface area contributed by atoms with Crippen LogP contribution >= 0.6 is 27.3 Å². The molecule has 0 aromatic carbocycles. The minimum atomic E-state index is -1.31. The van der Waals surface area contributed by atoms with E-state index in [4.69, 9.17) is 5.11 Å². The van der Waals surface area contributed by atoms with Crippen LogP contribution in [0.5, 0.6) is 0 Å². The summed E-state index contributed by atoms with van der Waals surface area (Å²) in [5.41, 5.74) is 0. The molecule has 1 aromatic heterocycles. The number of carboxylic acid groups (broad SMARTS) is 1. The van der Waals surface area contributed by atoms with Gasteiger partial charge < -0.3 is 20.8 Å². The van der Waals surface area contributed by atoms with Crippen LogP contribution in [0.2, 0.25) is 0 Å². The first-order chi connectivity index (χ1) is 8.90. The van der Waals surface area contributed by atoms with Crippen molar-refractivity contribution in [1.29, 1.82) is 0 Å². The number of rotatable bonds is 6. The molecule has 0 aliphatic carbocycles. The lowest BCUT2D eigenvalue weighted by atomic mass is 10.2. The molecular formula is C11H15BrN2O4S. The minimum Gasteiger partial charge on any atom is -0.480 e. The number of urea groups is 1. The second-order valence-corrected chi connectivity index (χ2v) is 6.46. The number of aliphatic hydroxyl groups excluding tert-OH is 1. The Morgan fingerprint density at radius 2 is 2.16 bits per heavy atom. The van der Waals surface area contributed by atoms with E-state index in [1.807, 2.05) is 12.1 Å². The number of carbonyl (C=O) groups excluding carboxylic acids is 1. The second kappa shape index (κ2) is 7.46. The lowest BCUT2D eigenvalue weighted by Gasteiger charge is -2.17. The van der Waals surface area contributed by atoms with Gasteiger partial charge in [-0.25, -0.2) is 9.59 Å². The van der Waals surface area contributed by atoms with E-state index in [2.05, 4.69) is 26.6 Å². The van der Waals surface area contributed by atoms with Crippen molar-refractivity contribution in [2.24, 2.45) is 0 Å². The molecule has 2 atom stereocenters. The lowest BCUT2D eigenvalue weighted by molar-refractivity contribution is -0.141. The van der Waals surface area contributed by atoms with Gasteiger partial charge in [0.2, 0.25) is 0 Å². The van der Waals surface area contributed by atoms with Gasteiger partial charge in [-0.3, -0.25) is 0 Å². The Morgan fingerprint density at radius 3 is 2.63 bits per heavy atom. The maximum Gasteiger partial charge on any atom is 0.328 e. The van der Waals surface area contributed by atoms with E-state index >= 15 is 0 Å². The summed E-state index contributed by atoms with van der Waals surface area (Å²) in [6.07, 6.45) is -0.493. The summed E-state index contributed by atoms with van der Waals surface area (Å²) in [6.45, 7) is 1.70. The number of carbonyl (C=O) groups is 2. The third-order valence-corrected chi connectivity index (χ3v) is 4.00. The van der Waals surface area contributed by atoms with Gasteiger partial charge >= 0.3 is 12.0 Å². The van der Waals surface area contributed by atoms with Crippen molar-refractivity contribution in [2.45, 2.75) is 25.5 Å². The van der Waals surface area contributed by atoms with Crippen LogP contribution in [-0.4, -0.2) is 40.9 Å². The predicted molar refractivity (Wildman–Crippen MR) is 75.4 cm³/mol. The zero-order chi connectivity index (χ0) is 14.4. The number of nitrogens with one attached hydrogen (secondary N) is 2. The highest BCUT2D eigenvalue weighted by atomic mass is 79.9. The van der Waals surface area contributed by atoms with E-state index in [-0.39, 0.29) is 0 Å². The molecule has 1 heterocycles. The molecule has 0 fully saturated rings. The molecule has 2 amide bonds. The molecule has 8 heteroatoms. The quantitative estimate of drug-likeness (QED) is 0.619. The Kier molecular flexibility index (Phi) is 6.26. The van der Waals surface area contributed by atoms with Crippen LogP contribution < -0.4 is 10.6 Å². The molecule has 0 saturated carbocycles. The fraction of sp³-hybridized carbons (Fsp3) is 0.455. The van der Waals surface area contributed by atoms with Crippen LogP contribution in [0.4, 0.5) is 4.79 Å². The molecule has 0 unspecified atom stereocenters. The number of halogens is 1. The second-order valence-electron chi connectivity index (χ2n) is 3.91. The van der Waals surface area contributed by atoms with Crippen LogP contribution in [0.1, 0.15) is 11.8 Å². The van der Waals surface area contributed by atoms with Gasteiger partial charge in [0.15, 0.2) is 6.04 Å². The Bertz CT molecular complexity index is 450. The summed E-state index contributed by atoms with van der Waals surface area (Å²) in [5.74, 6) is -1.27. The summed E-state index contributed by atoms with van der Waals surface area (Å²) >= 11 is 4.92. The molecule has 0 radical (unpaired) electrons. The maximum absolute atomic E-state index is 11.5. The number of aliphatic hydroxyl groups is 1. The zero-order valence-corrected chi connectivity index (χ0v) is 12.6. The van der Waals surface area contributed by atoms with Crippen molar-refractivity contribution in [3.8, 4) is 0 Å². The number of hydrogen-bond donors (Lipinski definition) is 4. The summed E-state index contributed by atoms with van der Waals surface area (Å²) < 4.78 is 1.02. The first kappa shape index (κ1) is 15.9. The Morgan fingerprint density at radius 1 is 1.47 bits per heavy atom. The summed E-state index contributed by atoms with van der Waals surface area (Å²) in [5, 5.41) is 22.8. The van der Waals surface area contributed by atoms with Crippen molar-refractivity contribution < 1.29 is 19.8 Å². The molecular weight excluding hydrogens is 336 g/mol. The highest BCUT2D eigenvalue weighted by Gasteiger charge is 2.24. The number of aliphatic carboxylic acids is 1. The third-order valence-electron chi connectivity index (χ3n) is 2.32. The van der Waals surface area contributed by atoms with Gasteiger partial charge in [0.1, 0.15) is 0 Å². The van der Waals surface area contributed by atoms with E-state index in [9.17, 15) is 14.7 Å². The standard InChI is InChI=1S/C11H15BrN2O4S/c1-6(15)9(10(16)17)14-11(18)13-5-4-7-2-3-8(12)19-7/h2-3,6,9,15H,4-5H2,1H3,(H,16,17)(H2,13,14,18)/t6-,9+/m1/s1. The van der Waals surface area contributed by atoms with Gasteiger partial charge in [-0.15, -0.1) is 11.3 Å². The molecule has 1 aromatic rings. The highest BCUT2D eigenvalue weighted by molar-refractivity contribution is 9.11. The fourth-order valence-electron chi connectivity index (χ4n) is 1.37. The van der Waals surface area contributed by atoms with Crippen molar-refractivity contribution >= 4 is 39.3 Å². The van der Waals surface area contributed by atoms with E-state index in [1.54, 1.807) is 11.3 Å². The minimum absolute atomic E-state index is 0.394. The molecule has 0 aliphatic rings. The topological polar surface area (TPSA) is 98.7 Å². The molecule has 6 nitrogen and oxygen atoms in total. The number of carboxylic acids is 1. The van der Waals surface area contributed by atoms with Crippen molar-refractivity contribution in [1.82, 2.24) is 10.6 Å². The molecule has 0 saturated heterocycles. The highest BCUT2D eigenvalue weighted by Crippen LogP contribution is 2.21. The Balaban J connectivity index is 2.33. The molecule has 0 bridgehead atoms. The van der Waals surface area contributed by atoms with Crippen molar-refractivity contribution in [3.05, 3.63) is 20.8 Å².